The molecule has 1 atom stereocenters. The number of carboxylic acid groups (broad SMARTS) is 1. The van der Waals surface area contributed by atoms with Gasteiger partial charge in [-0.1, -0.05) is 41.6 Å². The van der Waals surface area contributed by atoms with Crippen LogP contribution in [0.15, 0.2) is 59.1 Å². The van der Waals surface area contributed by atoms with E-state index in [1.807, 2.05) is 53.4 Å². The first-order chi connectivity index (χ1) is 16.5. The van der Waals surface area contributed by atoms with E-state index in [1.165, 1.54) is 0 Å². The SMILES string of the molecule is COc1cc(CC(=O)N2CCCC2c2cc(CCC(=O)O)on2)ccc1OCc1ccccc1. The van der Waals surface area contributed by atoms with Crippen molar-refractivity contribution in [2.45, 2.75) is 44.8 Å². The van der Waals surface area contributed by atoms with E-state index in [1.54, 1.807) is 13.2 Å². The number of carbonyl (C=O) groups is 2. The Kier molecular flexibility index (Phi) is 7.47. The van der Waals surface area contributed by atoms with Crippen molar-refractivity contribution >= 4 is 11.9 Å². The Morgan fingerprint density at radius 3 is 2.71 bits per heavy atom. The maximum Gasteiger partial charge on any atom is 0.303 e. The molecule has 3 aromatic rings. The van der Waals surface area contributed by atoms with E-state index >= 15 is 0 Å². The lowest BCUT2D eigenvalue weighted by Crippen LogP contribution is -2.32. The van der Waals surface area contributed by atoms with Gasteiger partial charge in [0, 0.05) is 19.0 Å². The number of benzene rings is 2. The molecule has 8 heteroatoms. The molecule has 0 saturated carbocycles. The molecule has 1 saturated heterocycles. The Morgan fingerprint density at radius 2 is 1.94 bits per heavy atom. The first kappa shape index (κ1) is 23.4. The molecule has 34 heavy (non-hydrogen) atoms. The van der Waals surface area contributed by atoms with Gasteiger partial charge in [0.2, 0.25) is 5.91 Å². The second kappa shape index (κ2) is 10.9. The van der Waals surface area contributed by atoms with E-state index in [9.17, 15) is 9.59 Å². The summed E-state index contributed by atoms with van der Waals surface area (Å²) < 4.78 is 16.7. The third kappa shape index (κ3) is 5.75. The highest BCUT2D eigenvalue weighted by Crippen LogP contribution is 2.33. The van der Waals surface area contributed by atoms with Crippen molar-refractivity contribution in [3.05, 3.63) is 77.2 Å². The van der Waals surface area contributed by atoms with Crippen LogP contribution >= 0.6 is 0 Å². The minimum absolute atomic E-state index is 0.00223. The Labute approximate surface area is 198 Å². The van der Waals surface area contributed by atoms with Crippen LogP contribution in [0.5, 0.6) is 11.5 Å². The van der Waals surface area contributed by atoms with E-state index in [0.717, 1.165) is 24.0 Å². The summed E-state index contributed by atoms with van der Waals surface area (Å²) in [5.74, 6) is 0.838. The van der Waals surface area contributed by atoms with Crippen LogP contribution in [0.25, 0.3) is 0 Å². The van der Waals surface area contributed by atoms with Crippen LogP contribution in [0.3, 0.4) is 0 Å². The topological polar surface area (TPSA) is 102 Å². The molecule has 178 valence electrons. The molecule has 4 rings (SSSR count). The van der Waals surface area contributed by atoms with Crippen molar-refractivity contribution in [2.75, 3.05) is 13.7 Å². The molecule has 1 fully saturated rings. The van der Waals surface area contributed by atoms with Crippen LogP contribution in [0, 0.1) is 0 Å². The Balaban J connectivity index is 1.39. The summed E-state index contributed by atoms with van der Waals surface area (Å²) in [7, 11) is 1.58. The van der Waals surface area contributed by atoms with Crippen LogP contribution in [-0.2, 0) is 29.0 Å². The summed E-state index contributed by atoms with van der Waals surface area (Å²) in [5, 5.41) is 13.0. The summed E-state index contributed by atoms with van der Waals surface area (Å²) >= 11 is 0. The number of amides is 1. The predicted octanol–water partition coefficient (Wildman–Crippen LogP) is 4.19. The van der Waals surface area contributed by atoms with Gasteiger partial charge in [0.25, 0.3) is 0 Å². The molecule has 2 aromatic carbocycles. The fraction of sp³-hybridized carbons (Fsp3) is 0.346. The van der Waals surface area contributed by atoms with Crippen LogP contribution in [0.4, 0.5) is 0 Å². The Morgan fingerprint density at radius 1 is 1.12 bits per heavy atom. The van der Waals surface area contributed by atoms with Crippen molar-refractivity contribution in [1.82, 2.24) is 10.1 Å². The smallest absolute Gasteiger partial charge is 0.303 e. The quantitative estimate of drug-likeness (QED) is 0.480. The van der Waals surface area contributed by atoms with Crippen LogP contribution in [0.2, 0.25) is 0 Å². The number of rotatable bonds is 10. The highest BCUT2D eigenvalue weighted by Gasteiger charge is 2.32. The molecule has 1 aliphatic rings. The van der Waals surface area contributed by atoms with Crippen molar-refractivity contribution in [1.29, 1.82) is 0 Å². The highest BCUT2D eigenvalue weighted by atomic mass is 16.5. The second-order valence-corrected chi connectivity index (χ2v) is 8.29. The van der Waals surface area contributed by atoms with Gasteiger partial charge >= 0.3 is 5.97 Å². The lowest BCUT2D eigenvalue weighted by molar-refractivity contribution is -0.137. The number of hydrogen-bond donors (Lipinski definition) is 1. The minimum Gasteiger partial charge on any atom is -0.493 e. The number of aryl methyl sites for hydroxylation is 1. The standard InChI is InChI=1S/C26H28N2O6/c1-32-24-14-19(9-11-23(24)33-17-18-6-3-2-4-7-18)15-25(29)28-13-5-8-22(28)21-16-20(34-27-21)10-12-26(30)31/h2-4,6-7,9,11,14,16,22H,5,8,10,12-13,15,17H2,1H3,(H,30,31). The fourth-order valence-corrected chi connectivity index (χ4v) is 4.16. The van der Waals surface area contributed by atoms with E-state index in [-0.39, 0.29) is 31.2 Å². The summed E-state index contributed by atoms with van der Waals surface area (Å²) in [6.07, 6.45) is 2.17. The highest BCUT2D eigenvalue weighted by molar-refractivity contribution is 5.79. The van der Waals surface area contributed by atoms with Gasteiger partial charge in [0.15, 0.2) is 11.5 Å². The third-order valence-corrected chi connectivity index (χ3v) is 5.90. The van der Waals surface area contributed by atoms with E-state index < -0.39 is 5.97 Å². The maximum atomic E-state index is 13.1. The normalized spacial score (nSPS) is 15.3. The van der Waals surface area contributed by atoms with Gasteiger partial charge in [-0.05, 0) is 36.1 Å². The minimum atomic E-state index is -0.887. The molecule has 1 aliphatic heterocycles. The zero-order chi connectivity index (χ0) is 23.9. The third-order valence-electron chi connectivity index (χ3n) is 5.90. The van der Waals surface area contributed by atoms with Crippen LogP contribution < -0.4 is 9.47 Å². The summed E-state index contributed by atoms with van der Waals surface area (Å²) in [4.78, 5) is 25.7. The molecular formula is C26H28N2O6. The number of aromatic nitrogens is 1. The number of hydrogen-bond acceptors (Lipinski definition) is 6. The van der Waals surface area contributed by atoms with Crippen molar-refractivity contribution in [3.8, 4) is 11.5 Å². The summed E-state index contributed by atoms with van der Waals surface area (Å²) in [6.45, 7) is 1.08. The molecule has 2 heterocycles. The number of carbonyl (C=O) groups excluding carboxylic acids is 1. The molecule has 1 N–H and O–H groups in total. The molecule has 0 aliphatic carbocycles. The number of carboxylic acids is 1. The van der Waals surface area contributed by atoms with E-state index in [0.29, 0.717) is 36.1 Å². The molecule has 0 radical (unpaired) electrons. The van der Waals surface area contributed by atoms with Gasteiger partial charge in [0.05, 0.1) is 26.0 Å². The molecular weight excluding hydrogens is 436 g/mol. The number of aliphatic carboxylic acids is 1. The molecule has 0 spiro atoms. The first-order valence-electron chi connectivity index (χ1n) is 11.3. The first-order valence-corrected chi connectivity index (χ1v) is 11.3. The largest absolute Gasteiger partial charge is 0.493 e. The number of methoxy groups -OCH3 is 1. The number of ether oxygens (including phenoxy) is 2. The van der Waals surface area contributed by atoms with Gasteiger partial charge in [0.1, 0.15) is 18.1 Å². The molecule has 8 nitrogen and oxygen atoms in total. The summed E-state index contributed by atoms with van der Waals surface area (Å²) in [5.41, 5.74) is 2.57. The van der Waals surface area contributed by atoms with Gasteiger partial charge in [-0.15, -0.1) is 0 Å². The zero-order valence-electron chi connectivity index (χ0n) is 19.1. The van der Waals surface area contributed by atoms with E-state index in [4.69, 9.17) is 19.1 Å². The monoisotopic (exact) mass is 464 g/mol. The predicted molar refractivity (Wildman–Crippen MR) is 124 cm³/mol. The molecule has 1 unspecified atom stereocenters. The molecule has 0 bridgehead atoms. The van der Waals surface area contributed by atoms with E-state index in [2.05, 4.69) is 5.16 Å². The van der Waals surface area contributed by atoms with Crippen molar-refractivity contribution in [3.63, 3.8) is 0 Å². The molecule has 1 amide bonds. The lowest BCUT2D eigenvalue weighted by Gasteiger charge is -2.23. The maximum absolute atomic E-state index is 13.1. The lowest BCUT2D eigenvalue weighted by atomic mass is 10.1. The average Bonchev–Trinajstić information content (AvgIpc) is 3.52. The number of likely N-dealkylation sites (tertiary alicyclic amines) is 1. The zero-order valence-corrected chi connectivity index (χ0v) is 19.1. The second-order valence-electron chi connectivity index (χ2n) is 8.29. The summed E-state index contributed by atoms with van der Waals surface area (Å²) in [6, 6.07) is 17.0. The number of nitrogens with zero attached hydrogens (tertiary/aromatic N) is 2. The average molecular weight is 465 g/mol. The van der Waals surface area contributed by atoms with Crippen LogP contribution in [0.1, 0.15) is 47.9 Å². The molecule has 1 aromatic heterocycles. The van der Waals surface area contributed by atoms with Gasteiger partial charge in [-0.25, -0.2) is 0 Å². The fourth-order valence-electron chi connectivity index (χ4n) is 4.16. The van der Waals surface area contributed by atoms with Gasteiger partial charge in [-0.3, -0.25) is 9.59 Å². The Hall–Kier alpha value is -3.81. The van der Waals surface area contributed by atoms with Gasteiger partial charge in [-0.2, -0.15) is 0 Å². The van der Waals surface area contributed by atoms with Gasteiger partial charge < -0.3 is 24.0 Å². The van der Waals surface area contributed by atoms with Crippen LogP contribution in [-0.4, -0.2) is 40.7 Å². The Bertz CT molecular complexity index is 1130. The van der Waals surface area contributed by atoms with Crippen molar-refractivity contribution in [2.24, 2.45) is 0 Å². The van der Waals surface area contributed by atoms with Crippen molar-refractivity contribution < 1.29 is 28.7 Å².